The molecule has 0 saturated heterocycles. The number of rotatable bonds is 8. The predicted octanol–water partition coefficient (Wildman–Crippen LogP) is 3.49. The van der Waals surface area contributed by atoms with Crippen molar-refractivity contribution >= 4 is 11.8 Å². The van der Waals surface area contributed by atoms with Crippen molar-refractivity contribution in [3.05, 3.63) is 48.4 Å². The first-order chi connectivity index (χ1) is 13.5. The van der Waals surface area contributed by atoms with Crippen molar-refractivity contribution in [2.24, 2.45) is 0 Å². The summed E-state index contributed by atoms with van der Waals surface area (Å²) in [4.78, 5) is 8.45. The summed E-state index contributed by atoms with van der Waals surface area (Å²) in [6.45, 7) is -1.60. The normalized spacial score (nSPS) is 11.8. The molecule has 144 valence electrons. The summed E-state index contributed by atoms with van der Waals surface area (Å²) in [7, 11) is 0. The van der Waals surface area contributed by atoms with E-state index in [1.165, 1.54) is 0 Å². The second-order valence-electron chi connectivity index (χ2n) is 5.73. The maximum absolute atomic E-state index is 12.2. The molecular formula is C18H16F2N6O2. The van der Waals surface area contributed by atoms with Gasteiger partial charge in [0.1, 0.15) is 17.9 Å². The quantitative estimate of drug-likeness (QED) is 0.610. The summed E-state index contributed by atoms with van der Waals surface area (Å²) in [6, 6.07) is 8.70. The summed E-state index contributed by atoms with van der Waals surface area (Å²) >= 11 is 0. The number of ether oxygens (including phenoxy) is 2. The molecule has 3 aromatic rings. The van der Waals surface area contributed by atoms with Crippen molar-refractivity contribution in [3.63, 3.8) is 0 Å². The van der Waals surface area contributed by atoms with Gasteiger partial charge in [0.2, 0.25) is 5.95 Å². The summed E-state index contributed by atoms with van der Waals surface area (Å²) in [5.41, 5.74) is 1.69. The van der Waals surface area contributed by atoms with Gasteiger partial charge in [-0.25, -0.2) is 9.97 Å². The van der Waals surface area contributed by atoms with E-state index in [1.807, 2.05) is 6.07 Å². The Morgan fingerprint density at radius 1 is 1.21 bits per heavy atom. The molecule has 2 aromatic heterocycles. The minimum absolute atomic E-state index is 0.268. The van der Waals surface area contributed by atoms with E-state index in [0.29, 0.717) is 22.9 Å². The van der Waals surface area contributed by atoms with Gasteiger partial charge in [0, 0.05) is 30.2 Å². The summed E-state index contributed by atoms with van der Waals surface area (Å²) in [5, 5.41) is 18.8. The molecule has 0 radical (unpaired) electrons. The minimum Gasteiger partial charge on any atom is -0.487 e. The lowest BCUT2D eigenvalue weighted by molar-refractivity contribution is -0.142. The van der Waals surface area contributed by atoms with Crippen molar-refractivity contribution in [2.45, 2.75) is 19.6 Å². The molecule has 0 aliphatic rings. The maximum atomic E-state index is 12.2. The molecular weight excluding hydrogens is 370 g/mol. The van der Waals surface area contributed by atoms with Crippen molar-refractivity contribution in [1.82, 2.24) is 20.2 Å². The van der Waals surface area contributed by atoms with Gasteiger partial charge in [0.15, 0.2) is 5.82 Å². The van der Waals surface area contributed by atoms with Crippen molar-refractivity contribution < 1.29 is 18.3 Å². The van der Waals surface area contributed by atoms with Gasteiger partial charge in [0.25, 0.3) is 0 Å². The first-order valence-corrected chi connectivity index (χ1v) is 8.25. The molecule has 3 rings (SSSR count). The van der Waals surface area contributed by atoms with Crippen LogP contribution in [-0.2, 0) is 4.74 Å². The molecule has 0 fully saturated rings. The lowest BCUT2D eigenvalue weighted by Crippen LogP contribution is -2.21. The van der Waals surface area contributed by atoms with E-state index < -0.39 is 12.7 Å². The summed E-state index contributed by atoms with van der Waals surface area (Å²) in [6.07, 6.45) is 4.22. The van der Waals surface area contributed by atoms with Crippen molar-refractivity contribution in [3.8, 4) is 22.9 Å². The van der Waals surface area contributed by atoms with Crippen LogP contribution in [0.15, 0.2) is 42.9 Å². The topological polar surface area (TPSA) is 109 Å². The number of aromatic nitrogens is 4. The Kier molecular flexibility index (Phi) is 6.08. The van der Waals surface area contributed by atoms with Crippen LogP contribution >= 0.6 is 0 Å². The molecule has 0 bridgehead atoms. The number of aromatic amines is 1. The first kappa shape index (κ1) is 19.2. The number of hydrogen-bond acceptors (Lipinski definition) is 7. The zero-order chi connectivity index (χ0) is 19.9. The van der Waals surface area contributed by atoms with Gasteiger partial charge in [-0.3, -0.25) is 5.10 Å². The lowest BCUT2D eigenvalue weighted by atomic mass is 10.1. The minimum atomic E-state index is -2.88. The number of halogens is 2. The van der Waals surface area contributed by atoms with Crippen LogP contribution in [0.4, 0.5) is 20.5 Å². The van der Waals surface area contributed by atoms with Crippen LogP contribution in [0, 0.1) is 11.3 Å². The molecule has 28 heavy (non-hydrogen) atoms. The van der Waals surface area contributed by atoms with Crippen molar-refractivity contribution in [2.75, 3.05) is 11.9 Å². The van der Waals surface area contributed by atoms with Crippen molar-refractivity contribution in [1.29, 1.82) is 5.26 Å². The number of hydrogen-bond donors (Lipinski definition) is 2. The fourth-order valence-corrected chi connectivity index (χ4v) is 2.34. The second-order valence-corrected chi connectivity index (χ2v) is 5.73. The highest BCUT2D eigenvalue weighted by Gasteiger charge is 2.13. The molecule has 8 nitrogen and oxygen atoms in total. The largest absolute Gasteiger partial charge is 0.487 e. The third-order valence-corrected chi connectivity index (χ3v) is 3.61. The number of alkyl halides is 2. The van der Waals surface area contributed by atoms with Crippen LogP contribution in [-0.4, -0.2) is 39.5 Å². The number of nitriles is 1. The number of H-pyrrole nitrogens is 1. The third-order valence-electron chi connectivity index (χ3n) is 3.61. The van der Waals surface area contributed by atoms with E-state index in [2.05, 4.69) is 30.2 Å². The average Bonchev–Trinajstić information content (AvgIpc) is 3.20. The second kappa shape index (κ2) is 8.88. The Bertz CT molecular complexity index is 942. The molecule has 0 amide bonds. The van der Waals surface area contributed by atoms with E-state index in [0.717, 1.165) is 0 Å². The van der Waals surface area contributed by atoms with E-state index >= 15 is 0 Å². The molecule has 1 unspecified atom stereocenters. The smallest absolute Gasteiger partial charge is 0.345 e. The Balaban J connectivity index is 1.75. The SMILES string of the molecule is CC(COC(F)F)Oc1cc(-c2cnc(Nc3cc[nH]n3)nc2)ccc1C#N. The monoisotopic (exact) mass is 386 g/mol. The molecule has 0 aliphatic heterocycles. The van der Waals surface area contributed by atoms with Gasteiger partial charge in [-0.15, -0.1) is 0 Å². The summed E-state index contributed by atoms with van der Waals surface area (Å²) in [5.74, 6) is 1.23. The highest BCUT2D eigenvalue weighted by Crippen LogP contribution is 2.27. The van der Waals surface area contributed by atoms with E-state index in [9.17, 15) is 14.0 Å². The standard InChI is InChI=1S/C18H16F2N6O2/c1-11(10-27-17(19)20)28-15-6-12(2-3-13(15)7-21)14-8-22-18(23-9-14)25-16-4-5-24-26-16/h2-6,8-9,11,17H,10H2,1H3,(H2,22,23,24,25,26). The number of nitrogens with one attached hydrogen (secondary N) is 2. The highest BCUT2D eigenvalue weighted by molar-refractivity contribution is 5.66. The van der Waals surface area contributed by atoms with Gasteiger partial charge in [-0.2, -0.15) is 19.1 Å². The Labute approximate surface area is 159 Å². The van der Waals surface area contributed by atoms with Gasteiger partial charge < -0.3 is 14.8 Å². The van der Waals surface area contributed by atoms with E-state index in [1.54, 1.807) is 49.8 Å². The zero-order valence-electron chi connectivity index (χ0n) is 14.8. The number of anilines is 2. The van der Waals surface area contributed by atoms with Gasteiger partial charge in [0.05, 0.1) is 12.2 Å². The van der Waals surface area contributed by atoms with Crippen LogP contribution in [0.1, 0.15) is 12.5 Å². The predicted molar refractivity (Wildman–Crippen MR) is 96.1 cm³/mol. The number of nitrogens with zero attached hydrogens (tertiary/aromatic N) is 4. The highest BCUT2D eigenvalue weighted by atomic mass is 19.3. The fourth-order valence-electron chi connectivity index (χ4n) is 2.34. The summed E-state index contributed by atoms with van der Waals surface area (Å²) < 4.78 is 34.2. The van der Waals surface area contributed by atoms with Crippen LogP contribution < -0.4 is 10.1 Å². The molecule has 1 atom stereocenters. The average molecular weight is 386 g/mol. The third kappa shape index (κ3) is 4.99. The van der Waals surface area contributed by atoms with Crippen LogP contribution in [0.5, 0.6) is 5.75 Å². The zero-order valence-corrected chi connectivity index (χ0v) is 14.8. The van der Waals surface area contributed by atoms with Crippen LogP contribution in [0.25, 0.3) is 11.1 Å². The number of benzene rings is 1. The van der Waals surface area contributed by atoms with Gasteiger partial charge in [-0.05, 0) is 24.6 Å². The van der Waals surface area contributed by atoms with E-state index in [4.69, 9.17) is 4.74 Å². The molecule has 0 saturated carbocycles. The molecule has 0 aliphatic carbocycles. The molecule has 2 heterocycles. The first-order valence-electron chi connectivity index (χ1n) is 8.25. The molecule has 2 N–H and O–H groups in total. The Morgan fingerprint density at radius 2 is 2.00 bits per heavy atom. The molecule has 1 aromatic carbocycles. The molecule has 10 heteroatoms. The van der Waals surface area contributed by atoms with E-state index in [-0.39, 0.29) is 17.9 Å². The lowest BCUT2D eigenvalue weighted by Gasteiger charge is -2.16. The van der Waals surface area contributed by atoms with Gasteiger partial charge >= 0.3 is 6.61 Å². The van der Waals surface area contributed by atoms with Crippen LogP contribution in [0.2, 0.25) is 0 Å². The van der Waals surface area contributed by atoms with Crippen LogP contribution in [0.3, 0.4) is 0 Å². The van der Waals surface area contributed by atoms with Gasteiger partial charge in [-0.1, -0.05) is 6.07 Å². The molecule has 0 spiro atoms. The Morgan fingerprint density at radius 3 is 2.64 bits per heavy atom. The fraction of sp³-hybridized carbons (Fsp3) is 0.222. The Hall–Kier alpha value is -3.58. The maximum Gasteiger partial charge on any atom is 0.345 e.